The first kappa shape index (κ1) is 17.3. The smallest absolute Gasteiger partial charge is 0.317 e. The Labute approximate surface area is 149 Å². The first-order chi connectivity index (χ1) is 12.1. The number of nitrogens with zero attached hydrogens (tertiary/aromatic N) is 2. The molecule has 2 aromatic heterocycles. The van der Waals surface area contributed by atoms with Crippen LogP contribution in [-0.2, 0) is 6.54 Å². The molecule has 0 aliphatic heterocycles. The lowest BCUT2D eigenvalue weighted by atomic mass is 10.2. The first-order valence-electron chi connectivity index (χ1n) is 8.20. The van der Waals surface area contributed by atoms with Gasteiger partial charge in [-0.25, -0.2) is 4.98 Å². The van der Waals surface area contributed by atoms with Gasteiger partial charge in [-0.05, 0) is 23.8 Å². The van der Waals surface area contributed by atoms with Gasteiger partial charge in [-0.3, -0.25) is 14.2 Å². The van der Waals surface area contributed by atoms with E-state index in [9.17, 15) is 9.59 Å². The molecule has 0 unspecified atom stereocenters. The minimum Gasteiger partial charge on any atom is -0.382 e. The van der Waals surface area contributed by atoms with Crippen molar-refractivity contribution < 1.29 is 0 Å². The number of anilines is 1. The number of pyridine rings is 1. The van der Waals surface area contributed by atoms with Crippen molar-refractivity contribution in [2.24, 2.45) is 0 Å². The Hall–Kier alpha value is -2.54. The van der Waals surface area contributed by atoms with Gasteiger partial charge in [0.1, 0.15) is 10.5 Å². The molecule has 0 fully saturated rings. The van der Waals surface area contributed by atoms with Crippen LogP contribution in [0.15, 0.2) is 51.0 Å². The zero-order chi connectivity index (χ0) is 17.8. The third-order valence-corrected chi connectivity index (χ3v) is 4.90. The summed E-state index contributed by atoms with van der Waals surface area (Å²) in [6, 6.07) is 11.4. The van der Waals surface area contributed by atoms with Gasteiger partial charge in [0.15, 0.2) is 5.82 Å². The number of nitrogen functional groups attached to an aromatic ring is 1. The third kappa shape index (κ3) is 3.76. The molecule has 130 valence electrons. The molecule has 0 saturated heterocycles. The number of unbranched alkanes of at least 4 members (excludes halogenated alkanes) is 1. The van der Waals surface area contributed by atoms with Crippen LogP contribution in [0.4, 0.5) is 5.82 Å². The lowest BCUT2D eigenvalue weighted by molar-refractivity contribution is 0.774. The molecule has 0 aliphatic rings. The lowest BCUT2D eigenvalue weighted by Crippen LogP contribution is -2.36. The summed E-state index contributed by atoms with van der Waals surface area (Å²) in [6.07, 6.45) is 2.18. The van der Waals surface area contributed by atoms with Crippen LogP contribution in [0.25, 0.3) is 11.0 Å². The SMILES string of the molecule is CCCCSc1cc2c([nH]c(=O)c(=O)n2Cc2ccccc2)c(N)n1. The highest BCUT2D eigenvalue weighted by Crippen LogP contribution is 2.24. The maximum absolute atomic E-state index is 12.4. The zero-order valence-electron chi connectivity index (χ0n) is 14.0. The molecule has 0 radical (unpaired) electrons. The molecular formula is C18H20N4O2S. The lowest BCUT2D eigenvalue weighted by Gasteiger charge is -2.12. The van der Waals surface area contributed by atoms with Crippen molar-refractivity contribution in [2.45, 2.75) is 31.3 Å². The van der Waals surface area contributed by atoms with E-state index in [2.05, 4.69) is 16.9 Å². The monoisotopic (exact) mass is 356 g/mol. The van der Waals surface area contributed by atoms with Crippen LogP contribution in [0, 0.1) is 0 Å². The van der Waals surface area contributed by atoms with E-state index in [4.69, 9.17) is 5.73 Å². The number of hydrogen-bond acceptors (Lipinski definition) is 5. The Morgan fingerprint density at radius 2 is 2.00 bits per heavy atom. The van der Waals surface area contributed by atoms with Crippen molar-refractivity contribution in [3.8, 4) is 0 Å². The van der Waals surface area contributed by atoms with E-state index in [0.717, 1.165) is 29.2 Å². The standard InChI is InChI=1S/C18H20N4O2S/c1-2-3-9-25-14-10-13-15(16(19)20-14)21-17(23)18(24)22(13)11-12-7-5-4-6-8-12/h4-8,10H,2-3,9,11H2,1H3,(H2,19,20)(H,21,23). The van der Waals surface area contributed by atoms with Crippen molar-refractivity contribution in [1.82, 2.24) is 14.5 Å². The largest absolute Gasteiger partial charge is 0.382 e. The number of aromatic amines is 1. The highest BCUT2D eigenvalue weighted by molar-refractivity contribution is 7.99. The molecule has 0 saturated carbocycles. The maximum Gasteiger partial charge on any atom is 0.317 e. The molecule has 0 atom stereocenters. The van der Waals surface area contributed by atoms with Crippen molar-refractivity contribution in [3.05, 3.63) is 62.7 Å². The number of benzene rings is 1. The molecule has 3 aromatic rings. The molecule has 1 aromatic carbocycles. The highest BCUT2D eigenvalue weighted by atomic mass is 32.2. The van der Waals surface area contributed by atoms with E-state index in [0.29, 0.717) is 17.6 Å². The maximum atomic E-state index is 12.4. The molecule has 2 heterocycles. The van der Waals surface area contributed by atoms with Crippen LogP contribution < -0.4 is 16.9 Å². The van der Waals surface area contributed by atoms with E-state index in [-0.39, 0.29) is 5.82 Å². The Morgan fingerprint density at radius 3 is 2.72 bits per heavy atom. The number of thioether (sulfide) groups is 1. The predicted molar refractivity (Wildman–Crippen MR) is 102 cm³/mol. The fraction of sp³-hybridized carbons (Fsp3) is 0.278. The van der Waals surface area contributed by atoms with E-state index in [1.54, 1.807) is 11.8 Å². The summed E-state index contributed by atoms with van der Waals surface area (Å²) in [5.41, 5.74) is 6.69. The summed E-state index contributed by atoms with van der Waals surface area (Å²) >= 11 is 1.60. The van der Waals surface area contributed by atoms with Gasteiger partial charge >= 0.3 is 11.1 Å². The van der Waals surface area contributed by atoms with Crippen LogP contribution >= 0.6 is 11.8 Å². The molecule has 3 rings (SSSR count). The van der Waals surface area contributed by atoms with Gasteiger partial charge < -0.3 is 10.7 Å². The predicted octanol–water partition coefficient (Wildman–Crippen LogP) is 2.61. The van der Waals surface area contributed by atoms with Gasteiger partial charge in [-0.2, -0.15) is 0 Å². The van der Waals surface area contributed by atoms with Crippen LogP contribution in [0.2, 0.25) is 0 Å². The van der Waals surface area contributed by atoms with Crippen LogP contribution in [0.1, 0.15) is 25.3 Å². The Morgan fingerprint density at radius 1 is 1.24 bits per heavy atom. The Kier molecular flexibility index (Phi) is 5.23. The summed E-state index contributed by atoms with van der Waals surface area (Å²) < 4.78 is 1.46. The zero-order valence-corrected chi connectivity index (χ0v) is 14.8. The minimum atomic E-state index is -0.691. The molecule has 0 spiro atoms. The van der Waals surface area contributed by atoms with Gasteiger partial charge in [0.25, 0.3) is 0 Å². The second-order valence-electron chi connectivity index (χ2n) is 5.77. The molecule has 7 heteroatoms. The van der Waals surface area contributed by atoms with E-state index in [1.807, 2.05) is 36.4 Å². The van der Waals surface area contributed by atoms with E-state index < -0.39 is 11.1 Å². The quantitative estimate of drug-likeness (QED) is 0.402. The molecule has 6 nitrogen and oxygen atoms in total. The summed E-state index contributed by atoms with van der Waals surface area (Å²) in [5.74, 6) is 1.16. The van der Waals surface area contributed by atoms with Gasteiger partial charge in [-0.1, -0.05) is 43.7 Å². The first-order valence-corrected chi connectivity index (χ1v) is 9.18. The third-order valence-electron chi connectivity index (χ3n) is 3.90. The van der Waals surface area contributed by atoms with E-state index in [1.165, 1.54) is 4.57 Å². The number of aromatic nitrogens is 3. The highest BCUT2D eigenvalue weighted by Gasteiger charge is 2.13. The molecule has 0 bridgehead atoms. The normalized spacial score (nSPS) is 11.1. The van der Waals surface area contributed by atoms with E-state index >= 15 is 0 Å². The van der Waals surface area contributed by atoms with Gasteiger partial charge in [0.2, 0.25) is 0 Å². The number of rotatable bonds is 6. The van der Waals surface area contributed by atoms with Gasteiger partial charge in [0.05, 0.1) is 12.1 Å². The Balaban J connectivity index is 2.14. The van der Waals surface area contributed by atoms with Crippen molar-refractivity contribution in [2.75, 3.05) is 11.5 Å². The molecule has 0 amide bonds. The summed E-state index contributed by atoms with van der Waals surface area (Å²) in [5, 5.41) is 0.756. The second-order valence-corrected chi connectivity index (χ2v) is 6.89. The van der Waals surface area contributed by atoms with Gasteiger partial charge in [0, 0.05) is 0 Å². The second kappa shape index (κ2) is 7.57. The van der Waals surface area contributed by atoms with Crippen molar-refractivity contribution in [3.63, 3.8) is 0 Å². The molecule has 3 N–H and O–H groups in total. The Bertz CT molecular complexity index is 996. The number of hydrogen-bond donors (Lipinski definition) is 2. The van der Waals surface area contributed by atoms with Crippen LogP contribution in [0.3, 0.4) is 0 Å². The average molecular weight is 356 g/mol. The minimum absolute atomic E-state index is 0.232. The van der Waals surface area contributed by atoms with Crippen LogP contribution in [0.5, 0.6) is 0 Å². The van der Waals surface area contributed by atoms with Crippen molar-refractivity contribution >= 4 is 28.6 Å². The molecule has 25 heavy (non-hydrogen) atoms. The fourth-order valence-corrected chi connectivity index (χ4v) is 3.59. The average Bonchev–Trinajstić information content (AvgIpc) is 2.61. The summed E-state index contributed by atoms with van der Waals surface area (Å²) in [4.78, 5) is 31.3. The number of nitrogens with one attached hydrogen (secondary N) is 1. The fourth-order valence-electron chi connectivity index (χ4n) is 2.59. The molecule has 0 aliphatic carbocycles. The molecular weight excluding hydrogens is 336 g/mol. The topological polar surface area (TPSA) is 93.8 Å². The number of nitrogens with two attached hydrogens (primary N) is 1. The summed E-state index contributed by atoms with van der Waals surface area (Å²) in [7, 11) is 0. The van der Waals surface area contributed by atoms with Crippen molar-refractivity contribution in [1.29, 1.82) is 0 Å². The number of fused-ring (bicyclic) bond motifs is 1. The van der Waals surface area contributed by atoms with Gasteiger partial charge in [-0.15, -0.1) is 11.8 Å². The number of H-pyrrole nitrogens is 1. The van der Waals surface area contributed by atoms with Crippen LogP contribution in [-0.4, -0.2) is 20.3 Å². The summed E-state index contributed by atoms with van der Waals surface area (Å²) in [6.45, 7) is 2.44.